The average Bonchev–Trinajstić information content (AvgIpc) is 1.65. The van der Waals surface area contributed by atoms with Crippen LogP contribution in [0.2, 0.25) is 0 Å². The van der Waals surface area contributed by atoms with Crippen LogP contribution < -0.4 is 0 Å². The maximum atomic E-state index is 8.17. The minimum absolute atomic E-state index is 0. The number of rotatable bonds is 2. The van der Waals surface area contributed by atoms with E-state index in [1.807, 2.05) is 0 Å². The van der Waals surface area contributed by atoms with Gasteiger partial charge in [-0.05, 0) is 0 Å². The zero-order chi connectivity index (χ0) is 4.99. The Bertz CT molecular complexity index is 33.7. The number of aliphatic hydroxyl groups excluding tert-OH is 3. The first-order valence-corrected chi connectivity index (χ1v) is 1.71. The van der Waals surface area contributed by atoms with Gasteiger partial charge in [-0.3, -0.25) is 0 Å². The molecule has 0 aromatic rings. The second-order valence-electron chi connectivity index (χ2n) is 1.02. The van der Waals surface area contributed by atoms with Crippen LogP contribution in [0.1, 0.15) is 0 Å². The third kappa shape index (κ3) is 10.0. The van der Waals surface area contributed by atoms with Gasteiger partial charge in [-0.1, -0.05) is 0 Å². The fraction of sp³-hybridized carbons (Fsp3) is 1.00. The van der Waals surface area contributed by atoms with E-state index in [9.17, 15) is 0 Å². The minimum Gasteiger partial charge on any atom is -0.394 e. The van der Waals surface area contributed by atoms with Gasteiger partial charge in [0.15, 0.2) is 0 Å². The van der Waals surface area contributed by atoms with Crippen molar-refractivity contribution in [1.82, 2.24) is 0 Å². The van der Waals surface area contributed by atoms with Gasteiger partial charge in [0, 0.05) is 0 Å². The molecule has 0 aromatic carbocycles. The molecule has 3 N–H and O–H groups in total. The lowest BCUT2D eigenvalue weighted by atomic mass is 10.4. The summed E-state index contributed by atoms with van der Waals surface area (Å²) in [5, 5.41) is 24.0. The molecule has 0 radical (unpaired) electrons. The summed E-state index contributed by atoms with van der Waals surface area (Å²) in [4.78, 5) is 0. The normalized spacial score (nSPS) is 7.50. The highest BCUT2D eigenvalue weighted by Crippen LogP contribution is 1.71. The quantitative estimate of drug-likeness (QED) is 0.398. The molecule has 0 unspecified atom stereocenters. The first-order chi connectivity index (χ1) is 2.81. The molecule has 0 saturated heterocycles. The second kappa shape index (κ2) is 10.8. The molecule has 0 rings (SSSR count). The van der Waals surface area contributed by atoms with Crippen molar-refractivity contribution in [1.29, 1.82) is 0 Å². The molecule has 8 heavy (non-hydrogen) atoms. The summed E-state index contributed by atoms with van der Waals surface area (Å²) < 4.78 is 0. The Morgan fingerprint density at radius 3 is 1.38 bits per heavy atom. The fourth-order valence-electron chi connectivity index (χ4n) is 0.0577. The third-order valence-electron chi connectivity index (χ3n) is 0.421. The highest BCUT2D eigenvalue weighted by atomic mass is 35.5. The van der Waals surface area contributed by atoms with Gasteiger partial charge < -0.3 is 15.3 Å². The molecule has 0 aliphatic carbocycles. The minimum atomic E-state index is -0.954. The van der Waals surface area contributed by atoms with Crippen molar-refractivity contribution < 1.29 is 15.3 Å². The Balaban J connectivity index is -0.000000125. The largest absolute Gasteiger partial charge is 0.394 e. The molecule has 0 aliphatic rings. The van der Waals surface area contributed by atoms with Crippen LogP contribution in [-0.2, 0) is 0 Å². The van der Waals surface area contributed by atoms with Gasteiger partial charge in [0.2, 0.25) is 0 Å². The van der Waals surface area contributed by atoms with Crippen LogP contribution in [-0.4, -0.2) is 57.7 Å². The molecule has 5 heteroatoms. The van der Waals surface area contributed by atoms with Gasteiger partial charge in [0.05, 0.1) is 13.2 Å². The summed E-state index contributed by atoms with van der Waals surface area (Å²) in [6, 6.07) is 0. The van der Waals surface area contributed by atoms with E-state index < -0.39 is 6.10 Å². The van der Waals surface area contributed by atoms with Crippen LogP contribution in [0.5, 0.6) is 0 Å². The first kappa shape index (κ1) is 16.0. The first-order valence-electron chi connectivity index (χ1n) is 1.71. The van der Waals surface area contributed by atoms with E-state index in [0.717, 1.165) is 0 Å². The summed E-state index contributed by atoms with van der Waals surface area (Å²) in [5.41, 5.74) is 0. The fourth-order valence-corrected chi connectivity index (χ4v) is 0.0577. The smallest absolute Gasteiger partial charge is 0.316 e. The molecule has 0 amide bonds. The van der Waals surface area contributed by atoms with Crippen LogP contribution in [0, 0.1) is 0 Å². The van der Waals surface area contributed by atoms with Gasteiger partial charge in [0.25, 0.3) is 0 Å². The molecule has 3 nitrogen and oxygen atoms in total. The predicted octanol–water partition coefficient (Wildman–Crippen LogP) is -2.16. The van der Waals surface area contributed by atoms with E-state index in [4.69, 9.17) is 15.3 Å². The Morgan fingerprint density at radius 2 is 1.38 bits per heavy atom. The van der Waals surface area contributed by atoms with E-state index >= 15 is 0 Å². The van der Waals surface area contributed by atoms with Crippen molar-refractivity contribution in [2.45, 2.75) is 6.10 Å². The Morgan fingerprint density at radius 1 is 1.12 bits per heavy atom. The predicted molar refractivity (Wildman–Crippen MR) is 36.0 cm³/mol. The molecule has 0 bridgehead atoms. The van der Waals surface area contributed by atoms with Crippen molar-refractivity contribution in [3.05, 3.63) is 0 Å². The highest BCUT2D eigenvalue weighted by molar-refractivity contribution is 5.85. The molecule has 0 heterocycles. The molecule has 0 fully saturated rings. The average molecular weight is 155 g/mol. The lowest BCUT2D eigenvalue weighted by Gasteiger charge is -1.96. The van der Waals surface area contributed by atoms with E-state index in [2.05, 4.69) is 0 Å². The molecular weight excluding hydrogens is 144 g/mol. The van der Waals surface area contributed by atoms with Gasteiger partial charge >= 0.3 is 23.1 Å². The van der Waals surface area contributed by atoms with Crippen LogP contribution in [0.15, 0.2) is 0 Å². The van der Waals surface area contributed by atoms with Gasteiger partial charge in [0.1, 0.15) is 6.10 Å². The molecule has 0 saturated carbocycles. The van der Waals surface area contributed by atoms with Crippen LogP contribution in [0.4, 0.5) is 0 Å². The molecule has 0 aromatic heterocycles. The maximum absolute atomic E-state index is 8.17. The zero-order valence-electron chi connectivity index (χ0n) is 3.74. The van der Waals surface area contributed by atoms with Crippen molar-refractivity contribution in [2.24, 2.45) is 0 Å². The number of hydrogen-bond acceptors (Lipinski definition) is 3. The van der Waals surface area contributed by atoms with Crippen LogP contribution >= 0.6 is 12.4 Å². The van der Waals surface area contributed by atoms with Crippen LogP contribution in [0.3, 0.4) is 0 Å². The van der Waals surface area contributed by atoms with Gasteiger partial charge in [-0.2, -0.15) is 0 Å². The Kier molecular flexibility index (Phi) is 21.6. The molecule has 0 atom stereocenters. The SMILES string of the molecule is Cl.OCC(O)CO.[MgH2]. The summed E-state index contributed by atoms with van der Waals surface area (Å²) >= 11 is 0. The highest BCUT2D eigenvalue weighted by Gasteiger charge is 1.93. The number of aliphatic hydroxyl groups is 3. The maximum Gasteiger partial charge on any atom is 0.316 e. The summed E-state index contributed by atoms with van der Waals surface area (Å²) in [6.07, 6.45) is -0.954. The lowest BCUT2D eigenvalue weighted by molar-refractivity contribution is 0.0450. The monoisotopic (exact) mass is 154 g/mol. The molecular formula is C3H11ClMgO3. The summed E-state index contributed by atoms with van der Waals surface area (Å²) in [5.74, 6) is 0. The molecule has 0 spiro atoms. The lowest BCUT2D eigenvalue weighted by Crippen LogP contribution is -2.15. The zero-order valence-corrected chi connectivity index (χ0v) is 4.56. The third-order valence-corrected chi connectivity index (χ3v) is 0.421. The van der Waals surface area contributed by atoms with E-state index in [1.54, 1.807) is 0 Å². The van der Waals surface area contributed by atoms with Crippen molar-refractivity contribution >= 4 is 35.5 Å². The molecule has 50 valence electrons. The van der Waals surface area contributed by atoms with Crippen molar-refractivity contribution in [3.63, 3.8) is 0 Å². The summed E-state index contributed by atoms with van der Waals surface area (Å²) in [6.45, 7) is -0.729. The van der Waals surface area contributed by atoms with E-state index in [1.165, 1.54) is 0 Å². The second-order valence-corrected chi connectivity index (χ2v) is 1.02. The Labute approximate surface area is 70.3 Å². The van der Waals surface area contributed by atoms with Crippen LogP contribution in [0.25, 0.3) is 0 Å². The summed E-state index contributed by atoms with van der Waals surface area (Å²) in [7, 11) is 0. The topological polar surface area (TPSA) is 60.7 Å². The van der Waals surface area contributed by atoms with E-state index in [-0.39, 0.29) is 48.7 Å². The van der Waals surface area contributed by atoms with Gasteiger partial charge in [-0.25, -0.2) is 0 Å². The molecule has 0 aliphatic heterocycles. The van der Waals surface area contributed by atoms with Gasteiger partial charge in [-0.15, -0.1) is 12.4 Å². The van der Waals surface area contributed by atoms with Crippen molar-refractivity contribution in [2.75, 3.05) is 13.2 Å². The van der Waals surface area contributed by atoms with E-state index in [0.29, 0.717) is 0 Å². The van der Waals surface area contributed by atoms with Crippen molar-refractivity contribution in [3.8, 4) is 0 Å². The standard InChI is InChI=1S/C3H8O3.ClH.Mg.2H/c4-1-3(6)2-5;;;;/h3-6H,1-2H2;1H;;;. The number of halogens is 1. The number of hydrogen-bond donors (Lipinski definition) is 3. The Hall–Kier alpha value is 0.936.